The lowest BCUT2D eigenvalue weighted by Crippen LogP contribution is -2.49. The molecule has 1 aromatic rings. The van der Waals surface area contributed by atoms with Gasteiger partial charge in [-0.2, -0.15) is 0 Å². The van der Waals surface area contributed by atoms with Gasteiger partial charge in [-0.15, -0.1) is 0 Å². The van der Waals surface area contributed by atoms with Gasteiger partial charge in [0, 0.05) is 24.2 Å². The van der Waals surface area contributed by atoms with Gasteiger partial charge in [0.05, 0.1) is 17.2 Å². The predicted octanol–water partition coefficient (Wildman–Crippen LogP) is 3.01. The van der Waals surface area contributed by atoms with Crippen LogP contribution in [0, 0.1) is 0 Å². The lowest BCUT2D eigenvalue weighted by Gasteiger charge is -2.35. The van der Waals surface area contributed by atoms with Gasteiger partial charge in [0.1, 0.15) is 5.75 Å². The third-order valence-corrected chi connectivity index (χ3v) is 3.56. The SMILES string of the molecule is CC1CN(C(=O)COc2cc(Cl)ccc2Cl)CC(C)O1. The van der Waals surface area contributed by atoms with E-state index in [0.717, 1.165) is 0 Å². The summed E-state index contributed by atoms with van der Waals surface area (Å²) in [6.07, 6.45) is 0.0786. The number of nitrogens with zero attached hydrogens (tertiary/aromatic N) is 1. The van der Waals surface area contributed by atoms with Crippen LogP contribution in [-0.2, 0) is 9.53 Å². The molecule has 2 unspecified atom stereocenters. The molecule has 1 aliphatic rings. The van der Waals surface area contributed by atoms with Crippen molar-refractivity contribution in [3.63, 3.8) is 0 Å². The summed E-state index contributed by atoms with van der Waals surface area (Å²) in [5, 5.41) is 0.955. The van der Waals surface area contributed by atoms with Crippen LogP contribution in [-0.4, -0.2) is 42.7 Å². The highest BCUT2D eigenvalue weighted by Gasteiger charge is 2.26. The molecule has 4 nitrogen and oxygen atoms in total. The van der Waals surface area contributed by atoms with E-state index in [1.165, 1.54) is 0 Å². The second-order valence-corrected chi connectivity index (χ2v) is 5.76. The molecular formula is C14H17Cl2NO3. The molecule has 110 valence electrons. The molecule has 0 aliphatic carbocycles. The van der Waals surface area contributed by atoms with E-state index in [1.54, 1.807) is 23.1 Å². The molecule has 1 saturated heterocycles. The Balaban J connectivity index is 1.93. The minimum absolute atomic E-state index is 0.0393. The topological polar surface area (TPSA) is 38.8 Å². The van der Waals surface area contributed by atoms with Crippen LogP contribution in [0.5, 0.6) is 5.75 Å². The second kappa shape index (κ2) is 6.66. The number of halogens is 2. The summed E-state index contributed by atoms with van der Waals surface area (Å²) in [6, 6.07) is 4.91. The van der Waals surface area contributed by atoms with E-state index in [0.29, 0.717) is 28.9 Å². The van der Waals surface area contributed by atoms with E-state index >= 15 is 0 Å². The van der Waals surface area contributed by atoms with Crippen LogP contribution in [0.25, 0.3) is 0 Å². The number of ether oxygens (including phenoxy) is 2. The predicted molar refractivity (Wildman–Crippen MR) is 78.5 cm³/mol. The highest BCUT2D eigenvalue weighted by Crippen LogP contribution is 2.27. The van der Waals surface area contributed by atoms with Crippen LogP contribution in [0.3, 0.4) is 0 Å². The molecule has 1 amide bonds. The van der Waals surface area contributed by atoms with Crippen molar-refractivity contribution in [3.05, 3.63) is 28.2 Å². The second-order valence-electron chi connectivity index (χ2n) is 4.92. The lowest BCUT2D eigenvalue weighted by atomic mass is 10.2. The standard InChI is InChI=1S/C14H17Cl2NO3/c1-9-6-17(7-10(2)20-9)14(18)8-19-13-5-11(15)3-4-12(13)16/h3-5,9-10H,6-8H2,1-2H3. The summed E-state index contributed by atoms with van der Waals surface area (Å²) in [4.78, 5) is 13.9. The van der Waals surface area contributed by atoms with E-state index < -0.39 is 0 Å². The molecule has 1 aromatic carbocycles. The quantitative estimate of drug-likeness (QED) is 0.860. The minimum Gasteiger partial charge on any atom is -0.482 e. The number of carbonyl (C=O) groups is 1. The van der Waals surface area contributed by atoms with E-state index in [2.05, 4.69) is 0 Å². The third kappa shape index (κ3) is 4.01. The Kier molecular flexibility index (Phi) is 5.13. The highest BCUT2D eigenvalue weighted by molar-refractivity contribution is 6.34. The summed E-state index contributed by atoms with van der Waals surface area (Å²) in [5.74, 6) is 0.338. The first-order chi connectivity index (χ1) is 9.45. The lowest BCUT2D eigenvalue weighted by molar-refractivity contribution is -0.145. The first-order valence-corrected chi connectivity index (χ1v) is 7.22. The fourth-order valence-corrected chi connectivity index (χ4v) is 2.53. The molecule has 2 atom stereocenters. The molecule has 6 heteroatoms. The maximum Gasteiger partial charge on any atom is 0.260 e. The third-order valence-electron chi connectivity index (χ3n) is 3.02. The Labute approximate surface area is 128 Å². The minimum atomic E-state index is -0.0805. The zero-order valence-corrected chi connectivity index (χ0v) is 12.9. The van der Waals surface area contributed by atoms with Crippen LogP contribution in [0.2, 0.25) is 10.0 Å². The number of benzene rings is 1. The van der Waals surface area contributed by atoms with Gasteiger partial charge in [0.25, 0.3) is 5.91 Å². The number of rotatable bonds is 3. The summed E-state index contributed by atoms with van der Waals surface area (Å²) < 4.78 is 11.0. The van der Waals surface area contributed by atoms with Crippen LogP contribution < -0.4 is 4.74 Å². The van der Waals surface area contributed by atoms with Crippen LogP contribution in [0.1, 0.15) is 13.8 Å². The summed E-state index contributed by atoms with van der Waals surface area (Å²) in [7, 11) is 0. The van der Waals surface area contributed by atoms with Crippen LogP contribution in [0.15, 0.2) is 18.2 Å². The van der Waals surface area contributed by atoms with Crippen molar-refractivity contribution < 1.29 is 14.3 Å². The van der Waals surface area contributed by atoms with Crippen molar-refractivity contribution in [2.75, 3.05) is 19.7 Å². The van der Waals surface area contributed by atoms with Gasteiger partial charge >= 0.3 is 0 Å². The molecule has 0 saturated carbocycles. The fraction of sp³-hybridized carbons (Fsp3) is 0.500. The molecule has 0 N–H and O–H groups in total. The number of morpholine rings is 1. The van der Waals surface area contributed by atoms with E-state index in [4.69, 9.17) is 32.7 Å². The maximum absolute atomic E-state index is 12.1. The van der Waals surface area contributed by atoms with Gasteiger partial charge in [-0.1, -0.05) is 23.2 Å². The molecule has 2 rings (SSSR count). The number of carbonyl (C=O) groups excluding carboxylic acids is 1. The monoisotopic (exact) mass is 317 g/mol. The maximum atomic E-state index is 12.1. The summed E-state index contributed by atoms with van der Waals surface area (Å²) >= 11 is 11.9. The molecule has 0 radical (unpaired) electrons. The molecule has 1 fully saturated rings. The molecule has 1 heterocycles. The Bertz CT molecular complexity index is 485. The van der Waals surface area contributed by atoms with E-state index in [1.807, 2.05) is 13.8 Å². The fourth-order valence-electron chi connectivity index (χ4n) is 2.20. The van der Waals surface area contributed by atoms with E-state index in [-0.39, 0.29) is 24.7 Å². The Morgan fingerprint density at radius 3 is 2.65 bits per heavy atom. The zero-order valence-electron chi connectivity index (χ0n) is 11.4. The van der Waals surface area contributed by atoms with Gasteiger partial charge in [0.15, 0.2) is 6.61 Å². The normalized spacial score (nSPS) is 22.7. The molecule has 0 bridgehead atoms. The van der Waals surface area contributed by atoms with Gasteiger partial charge in [-0.05, 0) is 26.0 Å². The van der Waals surface area contributed by atoms with Gasteiger partial charge in [-0.25, -0.2) is 0 Å². The summed E-state index contributed by atoms with van der Waals surface area (Å²) in [5.41, 5.74) is 0. The molecular weight excluding hydrogens is 301 g/mol. The van der Waals surface area contributed by atoms with Crippen molar-refractivity contribution in [1.29, 1.82) is 0 Å². The van der Waals surface area contributed by atoms with Crippen LogP contribution in [0.4, 0.5) is 0 Å². The first-order valence-electron chi connectivity index (χ1n) is 6.47. The largest absolute Gasteiger partial charge is 0.482 e. The van der Waals surface area contributed by atoms with E-state index in [9.17, 15) is 4.79 Å². The highest BCUT2D eigenvalue weighted by atomic mass is 35.5. The average molecular weight is 318 g/mol. The number of amides is 1. The van der Waals surface area contributed by atoms with Gasteiger partial charge in [0.2, 0.25) is 0 Å². The molecule has 1 aliphatic heterocycles. The van der Waals surface area contributed by atoms with Crippen molar-refractivity contribution in [2.24, 2.45) is 0 Å². The Morgan fingerprint density at radius 2 is 2.00 bits per heavy atom. The molecule has 20 heavy (non-hydrogen) atoms. The van der Waals surface area contributed by atoms with Gasteiger partial charge < -0.3 is 14.4 Å². The average Bonchev–Trinajstić information content (AvgIpc) is 2.38. The number of hydrogen-bond acceptors (Lipinski definition) is 3. The summed E-state index contributed by atoms with van der Waals surface area (Å²) in [6.45, 7) is 5.00. The zero-order chi connectivity index (χ0) is 14.7. The van der Waals surface area contributed by atoms with Crippen molar-refractivity contribution in [2.45, 2.75) is 26.1 Å². The Hall–Kier alpha value is -0.970. The molecule has 0 spiro atoms. The van der Waals surface area contributed by atoms with Crippen molar-refractivity contribution in [3.8, 4) is 5.75 Å². The molecule has 0 aromatic heterocycles. The van der Waals surface area contributed by atoms with Crippen molar-refractivity contribution in [1.82, 2.24) is 4.90 Å². The Morgan fingerprint density at radius 1 is 1.35 bits per heavy atom. The van der Waals surface area contributed by atoms with Gasteiger partial charge in [-0.3, -0.25) is 4.79 Å². The smallest absolute Gasteiger partial charge is 0.260 e. The van der Waals surface area contributed by atoms with Crippen molar-refractivity contribution >= 4 is 29.1 Å². The number of hydrogen-bond donors (Lipinski definition) is 0. The van der Waals surface area contributed by atoms with Crippen LogP contribution >= 0.6 is 23.2 Å². The first kappa shape index (κ1) is 15.4.